The Hall–Kier alpha value is -2.37. The molecular formula is C71H132O6. The zero-order chi connectivity index (χ0) is 55.7. The van der Waals surface area contributed by atoms with E-state index in [1.807, 2.05) is 0 Å². The van der Waals surface area contributed by atoms with Crippen molar-refractivity contribution in [3.8, 4) is 0 Å². The number of rotatable bonds is 64. The molecule has 0 aromatic carbocycles. The van der Waals surface area contributed by atoms with E-state index < -0.39 is 6.10 Å². The first kappa shape index (κ1) is 74.6. The number of carbonyl (C=O) groups excluding carboxylic acids is 3. The largest absolute Gasteiger partial charge is 0.462 e. The Morgan fingerprint density at radius 2 is 0.494 bits per heavy atom. The molecule has 0 spiro atoms. The van der Waals surface area contributed by atoms with Gasteiger partial charge in [0.1, 0.15) is 13.2 Å². The van der Waals surface area contributed by atoms with Crippen LogP contribution in [0.1, 0.15) is 380 Å². The number of hydrogen-bond acceptors (Lipinski definition) is 6. The first-order chi connectivity index (χ1) is 38.0. The average Bonchev–Trinajstić information content (AvgIpc) is 3.43. The lowest BCUT2D eigenvalue weighted by Crippen LogP contribution is -2.30. The number of hydrogen-bond donors (Lipinski definition) is 0. The first-order valence-corrected chi connectivity index (χ1v) is 34.5. The van der Waals surface area contributed by atoms with Crippen molar-refractivity contribution < 1.29 is 28.6 Å². The van der Waals surface area contributed by atoms with Crippen molar-refractivity contribution in [3.63, 3.8) is 0 Å². The summed E-state index contributed by atoms with van der Waals surface area (Å²) in [6.45, 7) is 6.63. The normalized spacial score (nSPS) is 12.2. The molecule has 0 aliphatic rings. The zero-order valence-electron chi connectivity index (χ0n) is 52.0. The van der Waals surface area contributed by atoms with Gasteiger partial charge in [-0.1, -0.05) is 327 Å². The van der Waals surface area contributed by atoms with Crippen LogP contribution in [0.2, 0.25) is 0 Å². The Morgan fingerprint density at radius 3 is 0.779 bits per heavy atom. The number of allylic oxidation sites excluding steroid dienone is 6. The summed E-state index contributed by atoms with van der Waals surface area (Å²) in [5.74, 6) is -0.855. The second-order valence-corrected chi connectivity index (χ2v) is 23.4. The molecule has 0 rings (SSSR count). The van der Waals surface area contributed by atoms with Gasteiger partial charge in [-0.3, -0.25) is 14.4 Å². The highest BCUT2D eigenvalue weighted by molar-refractivity contribution is 5.71. The molecule has 452 valence electrons. The van der Waals surface area contributed by atoms with Crippen LogP contribution in [-0.2, 0) is 28.6 Å². The molecule has 0 bridgehead atoms. The fourth-order valence-electron chi connectivity index (χ4n) is 10.4. The predicted octanol–water partition coefficient (Wildman–Crippen LogP) is 23.6. The van der Waals surface area contributed by atoms with Gasteiger partial charge >= 0.3 is 17.9 Å². The smallest absolute Gasteiger partial charge is 0.306 e. The van der Waals surface area contributed by atoms with E-state index >= 15 is 0 Å². The van der Waals surface area contributed by atoms with E-state index in [1.54, 1.807) is 0 Å². The number of esters is 3. The Bertz CT molecular complexity index is 1290. The van der Waals surface area contributed by atoms with E-state index in [-0.39, 0.29) is 31.1 Å². The molecule has 6 nitrogen and oxygen atoms in total. The molecule has 0 aliphatic carbocycles. The van der Waals surface area contributed by atoms with E-state index in [0.29, 0.717) is 19.3 Å². The van der Waals surface area contributed by atoms with Gasteiger partial charge < -0.3 is 14.2 Å². The van der Waals surface area contributed by atoms with Crippen molar-refractivity contribution in [2.45, 2.75) is 386 Å². The third kappa shape index (κ3) is 64.3. The van der Waals surface area contributed by atoms with E-state index in [4.69, 9.17) is 14.2 Å². The van der Waals surface area contributed by atoms with Crippen LogP contribution in [0.3, 0.4) is 0 Å². The van der Waals surface area contributed by atoms with Gasteiger partial charge in [-0.2, -0.15) is 0 Å². The summed E-state index contributed by atoms with van der Waals surface area (Å²) in [5.41, 5.74) is 0. The maximum atomic E-state index is 12.9. The Labute approximate surface area is 480 Å². The fourth-order valence-corrected chi connectivity index (χ4v) is 10.4. The lowest BCUT2D eigenvalue weighted by atomic mass is 10.0. The van der Waals surface area contributed by atoms with E-state index in [2.05, 4.69) is 57.2 Å². The summed E-state index contributed by atoms with van der Waals surface area (Å²) in [5, 5.41) is 0. The maximum Gasteiger partial charge on any atom is 0.306 e. The lowest BCUT2D eigenvalue weighted by Gasteiger charge is -2.18. The second kappa shape index (κ2) is 66.1. The van der Waals surface area contributed by atoms with Crippen LogP contribution in [0, 0.1) is 0 Å². The van der Waals surface area contributed by atoms with Crippen molar-refractivity contribution >= 4 is 17.9 Å². The van der Waals surface area contributed by atoms with Gasteiger partial charge in [-0.15, -0.1) is 0 Å². The quantitative estimate of drug-likeness (QED) is 0.0261. The predicted molar refractivity (Wildman–Crippen MR) is 335 cm³/mol. The van der Waals surface area contributed by atoms with Gasteiger partial charge in [0.05, 0.1) is 0 Å². The maximum absolute atomic E-state index is 12.9. The van der Waals surface area contributed by atoms with Crippen LogP contribution in [0.4, 0.5) is 0 Å². The molecule has 1 atom stereocenters. The van der Waals surface area contributed by atoms with Crippen molar-refractivity contribution in [1.82, 2.24) is 0 Å². The summed E-state index contributed by atoms with van der Waals surface area (Å²) >= 11 is 0. The van der Waals surface area contributed by atoms with Crippen LogP contribution in [0.25, 0.3) is 0 Å². The summed E-state index contributed by atoms with van der Waals surface area (Å²) in [4.78, 5) is 38.3. The molecule has 0 heterocycles. The molecule has 0 radical (unpaired) electrons. The van der Waals surface area contributed by atoms with E-state index in [0.717, 1.165) is 77.0 Å². The minimum Gasteiger partial charge on any atom is -0.462 e. The molecule has 0 N–H and O–H groups in total. The van der Waals surface area contributed by atoms with Crippen molar-refractivity contribution in [2.75, 3.05) is 13.2 Å². The van der Waals surface area contributed by atoms with Crippen LogP contribution in [0.5, 0.6) is 0 Å². The molecule has 0 aromatic heterocycles. The third-order valence-electron chi connectivity index (χ3n) is 15.6. The number of ether oxygens (including phenoxy) is 3. The fraction of sp³-hybridized carbons (Fsp3) is 0.873. The van der Waals surface area contributed by atoms with Gasteiger partial charge in [0.25, 0.3) is 0 Å². The molecule has 0 aromatic rings. The van der Waals surface area contributed by atoms with Crippen LogP contribution < -0.4 is 0 Å². The van der Waals surface area contributed by atoms with Gasteiger partial charge in [-0.05, 0) is 70.6 Å². The average molecular weight is 1080 g/mol. The van der Waals surface area contributed by atoms with Gasteiger partial charge in [0.15, 0.2) is 6.10 Å². The first-order valence-electron chi connectivity index (χ1n) is 34.5. The van der Waals surface area contributed by atoms with Crippen LogP contribution in [0.15, 0.2) is 36.5 Å². The van der Waals surface area contributed by atoms with Gasteiger partial charge in [0, 0.05) is 19.3 Å². The molecule has 0 aliphatic heterocycles. The van der Waals surface area contributed by atoms with Crippen LogP contribution >= 0.6 is 0 Å². The molecule has 0 saturated carbocycles. The Balaban J connectivity index is 4.14. The standard InChI is InChI=1S/C71H132O6/c1-4-7-10-13-16-19-22-24-26-28-30-32-34-35-36-37-38-40-41-43-45-47-49-52-55-58-61-64-70(73)76-67-68(66-75-69(72)63-60-57-54-51-21-18-15-12-9-6-3)77-71(74)65-62-59-56-53-50-48-46-44-42-39-33-31-29-27-25-23-20-17-14-11-8-5-2/h12,15,22,24,28,30,68H,4-11,13-14,16-21,23,25-27,29,31-67H2,1-3H3/b15-12-,24-22-,30-28-. The lowest BCUT2D eigenvalue weighted by molar-refractivity contribution is -0.167. The molecule has 1 unspecified atom stereocenters. The molecular weight excluding hydrogens is 949 g/mol. The Morgan fingerprint density at radius 1 is 0.260 bits per heavy atom. The number of carbonyl (C=O) groups is 3. The minimum absolute atomic E-state index is 0.0699. The van der Waals surface area contributed by atoms with Crippen molar-refractivity contribution in [2.24, 2.45) is 0 Å². The topological polar surface area (TPSA) is 78.9 Å². The summed E-state index contributed by atoms with van der Waals surface area (Å²) in [6, 6.07) is 0. The molecule has 6 heteroatoms. The monoisotopic (exact) mass is 1080 g/mol. The highest BCUT2D eigenvalue weighted by Crippen LogP contribution is 2.18. The van der Waals surface area contributed by atoms with E-state index in [1.165, 1.54) is 263 Å². The summed E-state index contributed by atoms with van der Waals surface area (Å²) < 4.78 is 16.9. The Kier molecular flexibility index (Phi) is 64.1. The summed E-state index contributed by atoms with van der Waals surface area (Å²) in [6.07, 6.45) is 81.8. The van der Waals surface area contributed by atoms with Gasteiger partial charge in [-0.25, -0.2) is 0 Å². The molecule has 0 fully saturated rings. The van der Waals surface area contributed by atoms with Gasteiger partial charge in [0.2, 0.25) is 0 Å². The van der Waals surface area contributed by atoms with E-state index in [9.17, 15) is 14.4 Å². The van der Waals surface area contributed by atoms with Crippen molar-refractivity contribution in [3.05, 3.63) is 36.5 Å². The van der Waals surface area contributed by atoms with Crippen LogP contribution in [-0.4, -0.2) is 37.2 Å². The molecule has 0 saturated heterocycles. The SMILES string of the molecule is CCC/C=C\CCCCCCCC(=O)OCC(COC(=O)CCCCCCCCCCCCCCCCC/C=C\C/C=C\CCCCCCC)OC(=O)CCCCCCCCCCCCCCCCCCCCCCCC. The second-order valence-electron chi connectivity index (χ2n) is 23.4. The van der Waals surface area contributed by atoms with Crippen molar-refractivity contribution in [1.29, 1.82) is 0 Å². The molecule has 0 amide bonds. The molecule has 77 heavy (non-hydrogen) atoms. The highest BCUT2D eigenvalue weighted by Gasteiger charge is 2.19. The third-order valence-corrected chi connectivity index (χ3v) is 15.6. The highest BCUT2D eigenvalue weighted by atomic mass is 16.6. The number of unbranched alkanes of at least 4 members (excludes halogenated alkanes) is 47. The zero-order valence-corrected chi connectivity index (χ0v) is 52.0. The minimum atomic E-state index is -0.772. The summed E-state index contributed by atoms with van der Waals surface area (Å²) in [7, 11) is 0.